The molecule has 2 rings (SSSR count). The zero-order chi connectivity index (χ0) is 12.3. The Morgan fingerprint density at radius 1 is 1.47 bits per heavy atom. The van der Waals surface area contributed by atoms with Crippen molar-refractivity contribution in [3.8, 4) is 0 Å². The van der Waals surface area contributed by atoms with Gasteiger partial charge in [-0.25, -0.2) is 0 Å². The van der Waals surface area contributed by atoms with Crippen LogP contribution in [0.25, 0.3) is 0 Å². The first kappa shape index (κ1) is 12.2. The number of amidine groups is 1. The first-order valence-corrected chi connectivity index (χ1v) is 5.87. The average Bonchev–Trinajstić information content (AvgIpc) is 2.71. The number of oxime groups is 1. The molecule has 0 fully saturated rings. The molecule has 1 aromatic carbocycles. The predicted molar refractivity (Wildman–Crippen MR) is 69.5 cm³/mol. The molecule has 0 aromatic heterocycles. The Kier molecular flexibility index (Phi) is 3.86. The fourth-order valence-corrected chi connectivity index (χ4v) is 2.16. The van der Waals surface area contributed by atoms with Gasteiger partial charge in [0.15, 0.2) is 0 Å². The van der Waals surface area contributed by atoms with Crippen LogP contribution in [0.3, 0.4) is 0 Å². The van der Waals surface area contributed by atoms with E-state index >= 15 is 0 Å². The van der Waals surface area contributed by atoms with E-state index in [1.165, 1.54) is 6.21 Å². The van der Waals surface area contributed by atoms with Gasteiger partial charge in [0.2, 0.25) is 0 Å². The topological polar surface area (TPSA) is 48.2 Å². The first-order valence-electron chi connectivity index (χ1n) is 5.11. The maximum Gasteiger partial charge on any atom is 0.146 e. The molecule has 0 saturated carbocycles. The van der Waals surface area contributed by atoms with Crippen LogP contribution in [0.5, 0.6) is 0 Å². The second-order valence-electron chi connectivity index (χ2n) is 3.64. The van der Waals surface area contributed by atoms with Crippen molar-refractivity contribution >= 4 is 35.3 Å². The molecule has 0 unspecified atom stereocenters. The zero-order valence-corrected chi connectivity index (χ0v) is 10.5. The molecular formula is C11H11Cl2N3O. The molecule has 0 spiro atoms. The van der Waals surface area contributed by atoms with Crippen LogP contribution in [0.2, 0.25) is 10.0 Å². The summed E-state index contributed by atoms with van der Waals surface area (Å²) in [5.74, 6) is 0.665. The van der Waals surface area contributed by atoms with E-state index < -0.39 is 0 Å². The van der Waals surface area contributed by atoms with Crippen molar-refractivity contribution in [2.75, 3.05) is 13.1 Å². The van der Waals surface area contributed by atoms with E-state index in [0.29, 0.717) is 29.0 Å². The molecule has 0 radical (unpaired) electrons. The second-order valence-corrected chi connectivity index (χ2v) is 4.49. The lowest BCUT2D eigenvalue weighted by Gasteiger charge is -2.18. The van der Waals surface area contributed by atoms with E-state index in [2.05, 4.69) is 10.1 Å². The standard InChI is InChI=1S/C11H11Cl2N3O/c12-9-2-1-8(10(13)5-9)7-16-4-3-14-11(16)6-15-17/h1-2,5-6,17H,3-4,7H2/b15-6-. The monoisotopic (exact) mass is 271 g/mol. The van der Waals surface area contributed by atoms with Crippen LogP contribution in [0, 0.1) is 0 Å². The maximum absolute atomic E-state index is 8.52. The summed E-state index contributed by atoms with van der Waals surface area (Å²) in [4.78, 5) is 6.21. The third-order valence-electron chi connectivity index (χ3n) is 2.52. The van der Waals surface area contributed by atoms with Crippen LogP contribution >= 0.6 is 23.2 Å². The third-order valence-corrected chi connectivity index (χ3v) is 3.10. The lowest BCUT2D eigenvalue weighted by molar-refractivity contribution is 0.321. The minimum Gasteiger partial charge on any atom is -0.411 e. The van der Waals surface area contributed by atoms with Crippen molar-refractivity contribution < 1.29 is 5.21 Å². The van der Waals surface area contributed by atoms with Gasteiger partial charge in [0, 0.05) is 23.1 Å². The van der Waals surface area contributed by atoms with E-state index in [0.717, 1.165) is 12.1 Å². The Hall–Kier alpha value is -1.26. The molecule has 1 heterocycles. The van der Waals surface area contributed by atoms with Gasteiger partial charge in [-0.1, -0.05) is 34.4 Å². The Bertz CT molecular complexity index is 474. The van der Waals surface area contributed by atoms with Crippen LogP contribution in [0.1, 0.15) is 5.56 Å². The molecule has 0 bridgehead atoms. The van der Waals surface area contributed by atoms with Crippen molar-refractivity contribution in [2.45, 2.75) is 6.54 Å². The van der Waals surface area contributed by atoms with Crippen molar-refractivity contribution in [3.63, 3.8) is 0 Å². The van der Waals surface area contributed by atoms with E-state index in [1.807, 2.05) is 11.0 Å². The summed E-state index contributed by atoms with van der Waals surface area (Å²) in [6.45, 7) is 2.12. The average molecular weight is 272 g/mol. The van der Waals surface area contributed by atoms with Crippen LogP contribution < -0.4 is 0 Å². The van der Waals surface area contributed by atoms with Crippen molar-refractivity contribution in [1.29, 1.82) is 0 Å². The van der Waals surface area contributed by atoms with Gasteiger partial charge in [-0.3, -0.25) is 4.99 Å². The molecule has 0 aliphatic carbocycles. The number of halogens is 2. The van der Waals surface area contributed by atoms with Crippen molar-refractivity contribution in [1.82, 2.24) is 4.90 Å². The largest absolute Gasteiger partial charge is 0.411 e. The van der Waals surface area contributed by atoms with E-state index in [9.17, 15) is 0 Å². The molecule has 1 aliphatic heterocycles. The first-order chi connectivity index (χ1) is 8.20. The number of nitrogens with zero attached hydrogens (tertiary/aromatic N) is 3. The third kappa shape index (κ3) is 2.90. The number of benzene rings is 1. The van der Waals surface area contributed by atoms with Gasteiger partial charge in [0.1, 0.15) is 12.1 Å². The van der Waals surface area contributed by atoms with Crippen LogP contribution in [0.15, 0.2) is 28.3 Å². The number of rotatable bonds is 3. The number of hydrogen-bond acceptors (Lipinski definition) is 4. The lowest BCUT2D eigenvalue weighted by Crippen LogP contribution is -2.28. The lowest BCUT2D eigenvalue weighted by atomic mass is 10.2. The molecule has 6 heteroatoms. The molecule has 0 atom stereocenters. The van der Waals surface area contributed by atoms with E-state index in [-0.39, 0.29) is 0 Å². The predicted octanol–water partition coefficient (Wildman–Crippen LogP) is 2.67. The Labute approximate surface area is 109 Å². The molecule has 0 amide bonds. The summed E-state index contributed by atoms with van der Waals surface area (Å²) < 4.78 is 0. The molecule has 17 heavy (non-hydrogen) atoms. The Morgan fingerprint density at radius 3 is 3.00 bits per heavy atom. The fourth-order valence-electron chi connectivity index (χ4n) is 1.69. The summed E-state index contributed by atoms with van der Waals surface area (Å²) in [6.07, 6.45) is 1.33. The molecule has 4 nitrogen and oxygen atoms in total. The summed E-state index contributed by atoms with van der Waals surface area (Å²) >= 11 is 11.9. The molecule has 1 N–H and O–H groups in total. The van der Waals surface area contributed by atoms with Crippen LogP contribution in [0.4, 0.5) is 0 Å². The number of hydrogen-bond donors (Lipinski definition) is 1. The maximum atomic E-state index is 8.52. The van der Waals surface area contributed by atoms with Crippen LogP contribution in [-0.2, 0) is 6.54 Å². The van der Waals surface area contributed by atoms with Gasteiger partial charge >= 0.3 is 0 Å². The molecule has 0 saturated heterocycles. The highest BCUT2D eigenvalue weighted by Crippen LogP contribution is 2.22. The fraction of sp³-hybridized carbons (Fsp3) is 0.273. The van der Waals surface area contributed by atoms with Crippen molar-refractivity contribution in [3.05, 3.63) is 33.8 Å². The SMILES string of the molecule is O/N=C\C1=NCCN1Cc1ccc(Cl)cc1Cl. The Balaban J connectivity index is 2.13. The normalized spacial score (nSPS) is 15.6. The van der Waals surface area contributed by atoms with Gasteiger partial charge in [-0.15, -0.1) is 0 Å². The van der Waals surface area contributed by atoms with E-state index in [4.69, 9.17) is 28.4 Å². The Morgan fingerprint density at radius 2 is 2.29 bits per heavy atom. The highest BCUT2D eigenvalue weighted by atomic mass is 35.5. The van der Waals surface area contributed by atoms with Crippen LogP contribution in [-0.4, -0.2) is 35.2 Å². The molecule has 1 aromatic rings. The summed E-state index contributed by atoms with van der Waals surface area (Å²) in [5, 5.41) is 12.8. The summed E-state index contributed by atoms with van der Waals surface area (Å²) in [6, 6.07) is 5.40. The minimum atomic E-state index is 0.617. The van der Waals surface area contributed by atoms with Gasteiger partial charge in [-0.2, -0.15) is 0 Å². The van der Waals surface area contributed by atoms with Gasteiger partial charge in [0.25, 0.3) is 0 Å². The number of aliphatic imine (C=N–C) groups is 1. The smallest absolute Gasteiger partial charge is 0.146 e. The highest BCUT2D eigenvalue weighted by Gasteiger charge is 2.16. The quantitative estimate of drug-likeness (QED) is 0.522. The van der Waals surface area contributed by atoms with Gasteiger partial charge < -0.3 is 10.1 Å². The molecule has 1 aliphatic rings. The zero-order valence-electron chi connectivity index (χ0n) is 8.98. The highest BCUT2D eigenvalue weighted by molar-refractivity contribution is 6.35. The van der Waals surface area contributed by atoms with Gasteiger partial charge in [-0.05, 0) is 17.7 Å². The second kappa shape index (κ2) is 5.38. The van der Waals surface area contributed by atoms with Gasteiger partial charge in [0.05, 0.1) is 6.54 Å². The van der Waals surface area contributed by atoms with E-state index in [1.54, 1.807) is 12.1 Å². The summed E-state index contributed by atoms with van der Waals surface area (Å²) in [5.41, 5.74) is 0.969. The summed E-state index contributed by atoms with van der Waals surface area (Å²) in [7, 11) is 0. The molecule has 90 valence electrons. The molecular weight excluding hydrogens is 261 g/mol. The van der Waals surface area contributed by atoms with Crippen molar-refractivity contribution in [2.24, 2.45) is 10.1 Å². The minimum absolute atomic E-state index is 0.617.